The van der Waals surface area contributed by atoms with Crippen molar-refractivity contribution >= 4 is 23.2 Å². The number of aryl methyl sites for hydroxylation is 1. The fraction of sp³-hybridized carbons (Fsp3) is 0.379. The highest BCUT2D eigenvalue weighted by Gasteiger charge is 2.23. The minimum absolute atomic E-state index is 0.0639. The van der Waals surface area contributed by atoms with Crippen molar-refractivity contribution in [3.05, 3.63) is 81.3 Å². The maximum absolute atomic E-state index is 13.8. The van der Waals surface area contributed by atoms with Crippen LogP contribution in [-0.2, 0) is 17.8 Å². The molecular formula is C29H35FN2O4S. The van der Waals surface area contributed by atoms with Crippen molar-refractivity contribution in [3.63, 3.8) is 0 Å². The molecule has 6 nitrogen and oxygen atoms in total. The molecule has 3 aromatic rings. The number of benzene rings is 2. The van der Waals surface area contributed by atoms with E-state index < -0.39 is 5.82 Å². The van der Waals surface area contributed by atoms with E-state index in [0.717, 1.165) is 23.3 Å². The van der Waals surface area contributed by atoms with E-state index in [1.165, 1.54) is 28.0 Å². The van der Waals surface area contributed by atoms with Gasteiger partial charge in [0.05, 0.1) is 20.8 Å². The Morgan fingerprint density at radius 3 is 2.38 bits per heavy atom. The van der Waals surface area contributed by atoms with Crippen molar-refractivity contribution in [2.45, 2.75) is 39.7 Å². The van der Waals surface area contributed by atoms with E-state index in [0.29, 0.717) is 37.6 Å². The number of ether oxygens (including phenoxy) is 2. The van der Waals surface area contributed by atoms with Gasteiger partial charge in [0.1, 0.15) is 12.4 Å². The third kappa shape index (κ3) is 8.05. The van der Waals surface area contributed by atoms with Gasteiger partial charge in [-0.2, -0.15) is 0 Å². The number of unbranched alkanes of at least 4 members (excludes halogenated alkanes) is 1. The summed E-state index contributed by atoms with van der Waals surface area (Å²) in [6, 6.07) is 15.4. The van der Waals surface area contributed by atoms with Crippen LogP contribution in [0.1, 0.15) is 45.4 Å². The molecule has 2 aromatic carbocycles. The van der Waals surface area contributed by atoms with Gasteiger partial charge in [0, 0.05) is 28.4 Å². The molecule has 8 heteroatoms. The second-order valence-corrected chi connectivity index (χ2v) is 10.2. The first-order valence-electron chi connectivity index (χ1n) is 12.4. The highest BCUT2D eigenvalue weighted by molar-refractivity contribution is 7.11. The summed E-state index contributed by atoms with van der Waals surface area (Å²) in [6.45, 7) is 5.36. The van der Waals surface area contributed by atoms with Crippen LogP contribution >= 0.6 is 11.3 Å². The summed E-state index contributed by atoms with van der Waals surface area (Å²) in [5.74, 6) is 0.326. The van der Waals surface area contributed by atoms with Gasteiger partial charge in [-0.3, -0.25) is 9.59 Å². The lowest BCUT2D eigenvalue weighted by Crippen LogP contribution is -2.43. The van der Waals surface area contributed by atoms with E-state index in [1.807, 2.05) is 44.2 Å². The second-order valence-electron chi connectivity index (χ2n) is 8.86. The zero-order chi connectivity index (χ0) is 26.8. The summed E-state index contributed by atoms with van der Waals surface area (Å²) in [5.41, 5.74) is 1.26. The van der Waals surface area contributed by atoms with Gasteiger partial charge >= 0.3 is 0 Å². The van der Waals surface area contributed by atoms with Crippen LogP contribution in [0.3, 0.4) is 0 Å². The summed E-state index contributed by atoms with van der Waals surface area (Å²) in [6.07, 6.45) is 2.24. The van der Waals surface area contributed by atoms with E-state index in [1.54, 1.807) is 36.5 Å². The molecule has 2 amide bonds. The first-order valence-corrected chi connectivity index (χ1v) is 13.2. The number of amides is 2. The normalized spacial score (nSPS) is 10.7. The van der Waals surface area contributed by atoms with Crippen LogP contribution in [0.15, 0.2) is 54.6 Å². The predicted octanol–water partition coefficient (Wildman–Crippen LogP) is 5.73. The number of rotatable bonds is 13. The summed E-state index contributed by atoms with van der Waals surface area (Å²) in [4.78, 5) is 32.4. The van der Waals surface area contributed by atoms with Crippen LogP contribution in [0.4, 0.5) is 4.39 Å². The molecule has 1 heterocycles. The topological polar surface area (TPSA) is 59.1 Å². The first kappa shape index (κ1) is 28.2. The van der Waals surface area contributed by atoms with Crippen LogP contribution in [0, 0.1) is 12.7 Å². The Balaban J connectivity index is 1.79. The number of hydrogen-bond donors (Lipinski definition) is 0. The molecule has 0 spiro atoms. The van der Waals surface area contributed by atoms with E-state index >= 15 is 0 Å². The lowest BCUT2D eigenvalue weighted by molar-refractivity contribution is -0.132. The Morgan fingerprint density at radius 2 is 1.73 bits per heavy atom. The molecule has 0 saturated heterocycles. The van der Waals surface area contributed by atoms with Crippen LogP contribution in [-0.4, -0.2) is 55.5 Å². The molecule has 0 unspecified atom stereocenters. The molecule has 0 aliphatic carbocycles. The van der Waals surface area contributed by atoms with Crippen molar-refractivity contribution in [1.82, 2.24) is 9.80 Å². The molecule has 198 valence electrons. The molecule has 0 aliphatic rings. The molecule has 0 fully saturated rings. The minimum Gasteiger partial charge on any atom is -0.493 e. The molecule has 0 N–H and O–H groups in total. The van der Waals surface area contributed by atoms with Crippen molar-refractivity contribution < 1.29 is 23.5 Å². The molecule has 0 saturated carbocycles. The lowest BCUT2D eigenvalue weighted by Gasteiger charge is -2.28. The summed E-state index contributed by atoms with van der Waals surface area (Å²) >= 11 is 1.65. The summed E-state index contributed by atoms with van der Waals surface area (Å²) in [5, 5.41) is 0. The van der Waals surface area contributed by atoms with E-state index in [-0.39, 0.29) is 23.9 Å². The van der Waals surface area contributed by atoms with Gasteiger partial charge in [-0.25, -0.2) is 4.39 Å². The summed E-state index contributed by atoms with van der Waals surface area (Å²) in [7, 11) is 3.19. The van der Waals surface area contributed by atoms with Crippen LogP contribution in [0.5, 0.6) is 11.5 Å². The van der Waals surface area contributed by atoms with Crippen LogP contribution in [0.25, 0.3) is 0 Å². The monoisotopic (exact) mass is 526 g/mol. The molecule has 37 heavy (non-hydrogen) atoms. The zero-order valence-corrected chi connectivity index (χ0v) is 22.8. The third-order valence-corrected chi connectivity index (χ3v) is 7.07. The number of carbonyl (C=O) groups excluding carboxylic acids is 2. The molecule has 0 bridgehead atoms. The minimum atomic E-state index is -0.475. The predicted molar refractivity (Wildman–Crippen MR) is 145 cm³/mol. The highest BCUT2D eigenvalue weighted by atomic mass is 32.1. The largest absolute Gasteiger partial charge is 0.493 e. The average molecular weight is 527 g/mol. The number of thiophene rings is 1. The fourth-order valence-electron chi connectivity index (χ4n) is 4.02. The highest BCUT2D eigenvalue weighted by Crippen LogP contribution is 2.28. The van der Waals surface area contributed by atoms with Gasteiger partial charge in [-0.1, -0.05) is 25.5 Å². The van der Waals surface area contributed by atoms with E-state index in [9.17, 15) is 14.0 Å². The van der Waals surface area contributed by atoms with Crippen molar-refractivity contribution in [1.29, 1.82) is 0 Å². The number of methoxy groups -OCH3 is 2. The lowest BCUT2D eigenvalue weighted by atomic mass is 10.1. The maximum atomic E-state index is 13.8. The smallest absolute Gasteiger partial charge is 0.254 e. The maximum Gasteiger partial charge on any atom is 0.254 e. The Bertz CT molecular complexity index is 1200. The SMILES string of the molecule is CCCCN(CC(=O)N(CCc1ccc(OC)c(OC)c1)Cc1ccc(C)s1)C(=O)c1cccc(F)c1. The van der Waals surface area contributed by atoms with Gasteiger partial charge in [-0.05, 0) is 67.8 Å². The Hall–Kier alpha value is -3.39. The number of halogens is 1. The quantitative estimate of drug-likeness (QED) is 0.286. The van der Waals surface area contributed by atoms with E-state index in [4.69, 9.17) is 9.47 Å². The molecular weight excluding hydrogens is 491 g/mol. The zero-order valence-electron chi connectivity index (χ0n) is 22.0. The summed E-state index contributed by atoms with van der Waals surface area (Å²) < 4.78 is 24.5. The molecule has 1 aromatic heterocycles. The van der Waals surface area contributed by atoms with Crippen molar-refractivity contribution in [2.75, 3.05) is 33.9 Å². The van der Waals surface area contributed by atoms with Gasteiger partial charge < -0.3 is 19.3 Å². The Kier molecular flexibility index (Phi) is 10.5. The number of nitrogens with zero attached hydrogens (tertiary/aromatic N) is 2. The number of hydrogen-bond acceptors (Lipinski definition) is 5. The van der Waals surface area contributed by atoms with Gasteiger partial charge in [-0.15, -0.1) is 11.3 Å². The van der Waals surface area contributed by atoms with Crippen molar-refractivity contribution in [2.24, 2.45) is 0 Å². The third-order valence-electron chi connectivity index (χ3n) is 6.08. The van der Waals surface area contributed by atoms with Crippen molar-refractivity contribution in [3.8, 4) is 11.5 Å². The Labute approximate surface area is 222 Å². The second kappa shape index (κ2) is 13.8. The Morgan fingerprint density at radius 1 is 0.946 bits per heavy atom. The fourth-order valence-corrected chi connectivity index (χ4v) is 4.93. The van der Waals surface area contributed by atoms with Crippen LogP contribution < -0.4 is 9.47 Å². The molecule has 0 aliphatic heterocycles. The molecule has 3 rings (SSSR count). The van der Waals surface area contributed by atoms with Gasteiger partial charge in [0.15, 0.2) is 11.5 Å². The number of carbonyl (C=O) groups is 2. The standard InChI is InChI=1S/C29H35FN2O4S/c1-5-6-15-32(29(34)23-8-7-9-24(30)18-23)20-28(33)31(19-25-12-10-21(2)37-25)16-14-22-11-13-26(35-3)27(17-22)36-4/h7-13,17-18H,5-6,14-16,19-20H2,1-4H3. The van der Waals surface area contributed by atoms with Crippen LogP contribution in [0.2, 0.25) is 0 Å². The van der Waals surface area contributed by atoms with Gasteiger partial charge in [0.25, 0.3) is 5.91 Å². The average Bonchev–Trinajstić information content (AvgIpc) is 3.32. The molecule has 0 radical (unpaired) electrons. The van der Waals surface area contributed by atoms with Gasteiger partial charge in [0.2, 0.25) is 5.91 Å². The molecule has 0 atom stereocenters. The first-order chi connectivity index (χ1) is 17.8. The van der Waals surface area contributed by atoms with E-state index in [2.05, 4.69) is 0 Å².